The number of hydrazone groups is 1. The Bertz CT molecular complexity index is 812. The largest absolute Gasteiger partial charge is 0.442 e. The number of rotatable bonds is 4. The predicted octanol–water partition coefficient (Wildman–Crippen LogP) is 2.04. The van der Waals surface area contributed by atoms with Crippen LogP contribution < -0.4 is 9.80 Å². The van der Waals surface area contributed by atoms with Crippen molar-refractivity contribution in [2.75, 3.05) is 49.6 Å². The smallest absolute Gasteiger partial charge is 0.414 e. The van der Waals surface area contributed by atoms with Crippen molar-refractivity contribution in [3.63, 3.8) is 0 Å². The van der Waals surface area contributed by atoms with Crippen LogP contribution in [0.4, 0.5) is 20.6 Å². The zero-order chi connectivity index (χ0) is 18.8. The first-order valence-electron chi connectivity index (χ1n) is 8.70. The molecule has 0 N–H and O–H groups in total. The van der Waals surface area contributed by atoms with Crippen LogP contribution in [0, 0.1) is 5.82 Å². The normalized spacial score (nSPS) is 22.0. The van der Waals surface area contributed by atoms with E-state index in [1.54, 1.807) is 39.6 Å². The third-order valence-electron chi connectivity index (χ3n) is 4.56. The highest BCUT2D eigenvalue weighted by atomic mass is 19.1. The Morgan fingerprint density at radius 3 is 2.93 bits per heavy atom. The molecular formula is C17H20FN7O2. The summed E-state index contributed by atoms with van der Waals surface area (Å²) < 4.78 is 20.0. The van der Waals surface area contributed by atoms with Crippen molar-refractivity contribution in [3.05, 3.63) is 36.3 Å². The monoisotopic (exact) mass is 373 g/mol. The van der Waals surface area contributed by atoms with Crippen LogP contribution in [0.5, 0.6) is 0 Å². The lowest BCUT2D eigenvalue weighted by molar-refractivity contribution is 0.110. The minimum atomic E-state index is -0.488. The number of halogens is 1. The third-order valence-corrected chi connectivity index (χ3v) is 4.56. The van der Waals surface area contributed by atoms with E-state index in [0.717, 1.165) is 0 Å². The standard InChI is InChI=1S/C17H20FN7O2/c1-22-7-8-23(12-20-22)16-4-3-13(9-15(16)18)25-11-14(27-17(25)26)10-24-6-2-5-19-21-24/h2-5,9,12,14H,6-8,10-11H2,1H3. The van der Waals surface area contributed by atoms with Crippen LogP contribution in [0.15, 0.2) is 45.9 Å². The van der Waals surface area contributed by atoms with Gasteiger partial charge in [0.25, 0.3) is 0 Å². The molecule has 0 bridgehead atoms. The fourth-order valence-corrected chi connectivity index (χ4v) is 3.13. The van der Waals surface area contributed by atoms with E-state index in [2.05, 4.69) is 15.4 Å². The number of carbonyl (C=O) groups excluding carboxylic acids is 1. The number of anilines is 2. The number of hydrogen-bond donors (Lipinski definition) is 0. The van der Waals surface area contributed by atoms with Gasteiger partial charge in [-0.25, -0.2) is 9.18 Å². The summed E-state index contributed by atoms with van der Waals surface area (Å²) in [4.78, 5) is 15.4. The summed E-state index contributed by atoms with van der Waals surface area (Å²) in [7, 11) is 1.87. The van der Waals surface area contributed by atoms with Gasteiger partial charge in [-0.15, -0.1) is 5.11 Å². The molecule has 1 saturated heterocycles. The Labute approximate surface area is 156 Å². The zero-order valence-corrected chi connectivity index (χ0v) is 14.9. The topological polar surface area (TPSA) is 76.3 Å². The van der Waals surface area contributed by atoms with Gasteiger partial charge in [-0.2, -0.15) is 5.10 Å². The minimum Gasteiger partial charge on any atom is -0.442 e. The molecule has 1 unspecified atom stereocenters. The summed E-state index contributed by atoms with van der Waals surface area (Å²) in [6, 6.07) is 4.73. The molecule has 0 spiro atoms. The second-order valence-corrected chi connectivity index (χ2v) is 6.52. The molecule has 1 fully saturated rings. The predicted molar refractivity (Wildman–Crippen MR) is 98.1 cm³/mol. The molecule has 1 aromatic carbocycles. The number of ether oxygens (including phenoxy) is 1. The Kier molecular flexibility index (Phi) is 4.61. The van der Waals surface area contributed by atoms with E-state index in [1.165, 1.54) is 11.0 Å². The molecule has 3 aliphatic rings. The molecule has 1 atom stereocenters. The number of cyclic esters (lactones) is 1. The molecule has 0 aliphatic carbocycles. The van der Waals surface area contributed by atoms with Gasteiger partial charge in [-0.05, 0) is 24.3 Å². The fourth-order valence-electron chi connectivity index (χ4n) is 3.13. The molecule has 4 rings (SSSR count). The van der Waals surface area contributed by atoms with Gasteiger partial charge in [0.2, 0.25) is 0 Å². The maximum atomic E-state index is 14.6. The van der Waals surface area contributed by atoms with E-state index in [4.69, 9.17) is 4.74 Å². The first-order chi connectivity index (χ1) is 13.1. The average Bonchev–Trinajstić information content (AvgIpc) is 3.03. The van der Waals surface area contributed by atoms with Crippen molar-refractivity contribution in [2.24, 2.45) is 15.4 Å². The molecule has 10 heteroatoms. The van der Waals surface area contributed by atoms with Crippen molar-refractivity contribution in [2.45, 2.75) is 6.10 Å². The average molecular weight is 373 g/mol. The summed E-state index contributed by atoms with van der Waals surface area (Å²) in [5.41, 5.74) is 0.898. The van der Waals surface area contributed by atoms with Crippen LogP contribution in [0.2, 0.25) is 0 Å². The molecule has 9 nitrogen and oxygen atoms in total. The maximum Gasteiger partial charge on any atom is 0.414 e. The van der Waals surface area contributed by atoms with Crippen molar-refractivity contribution in [1.29, 1.82) is 0 Å². The van der Waals surface area contributed by atoms with Crippen molar-refractivity contribution >= 4 is 23.8 Å². The van der Waals surface area contributed by atoms with Crippen LogP contribution in [-0.2, 0) is 4.74 Å². The number of hydrogen-bond acceptors (Lipinski definition) is 8. The van der Waals surface area contributed by atoms with Gasteiger partial charge in [0.15, 0.2) is 0 Å². The van der Waals surface area contributed by atoms with E-state index in [1.807, 2.05) is 13.1 Å². The highest BCUT2D eigenvalue weighted by Gasteiger charge is 2.34. The van der Waals surface area contributed by atoms with Gasteiger partial charge < -0.3 is 9.64 Å². The van der Waals surface area contributed by atoms with E-state index < -0.39 is 11.9 Å². The fraction of sp³-hybridized carbons (Fsp3) is 0.412. The highest BCUT2D eigenvalue weighted by Crippen LogP contribution is 2.28. The first-order valence-corrected chi connectivity index (χ1v) is 8.70. The molecule has 27 heavy (non-hydrogen) atoms. The lowest BCUT2D eigenvalue weighted by Gasteiger charge is -2.28. The SMILES string of the molecule is CN1CCN(c2ccc(N3CC(CN4CC=CN=N4)OC3=O)cc2F)C=N1. The molecule has 1 amide bonds. The van der Waals surface area contributed by atoms with Gasteiger partial charge in [0, 0.05) is 19.8 Å². The summed E-state index contributed by atoms with van der Waals surface area (Å²) in [5, 5.41) is 15.5. The first kappa shape index (κ1) is 17.3. The lowest BCUT2D eigenvalue weighted by atomic mass is 10.2. The van der Waals surface area contributed by atoms with Gasteiger partial charge in [0.1, 0.15) is 18.3 Å². The highest BCUT2D eigenvalue weighted by molar-refractivity contribution is 5.90. The van der Waals surface area contributed by atoms with Gasteiger partial charge in [-0.3, -0.25) is 14.9 Å². The molecule has 0 aromatic heterocycles. The number of nitrogens with zero attached hydrogens (tertiary/aromatic N) is 7. The molecular weight excluding hydrogens is 353 g/mol. The molecule has 142 valence electrons. The second kappa shape index (κ2) is 7.22. The summed E-state index contributed by atoms with van der Waals surface area (Å²) in [5.74, 6) is -0.408. The van der Waals surface area contributed by atoms with Gasteiger partial charge in [0.05, 0.1) is 37.6 Å². The van der Waals surface area contributed by atoms with Crippen LogP contribution in [0.3, 0.4) is 0 Å². The van der Waals surface area contributed by atoms with E-state index in [-0.39, 0.29) is 6.10 Å². The number of amides is 1. The van der Waals surface area contributed by atoms with Crippen molar-refractivity contribution in [1.82, 2.24) is 10.0 Å². The molecule has 3 aliphatic heterocycles. The molecule has 1 aromatic rings. The molecule has 0 radical (unpaired) electrons. The third kappa shape index (κ3) is 3.69. The summed E-state index contributed by atoms with van der Waals surface area (Å²) >= 11 is 0. The van der Waals surface area contributed by atoms with Crippen molar-refractivity contribution in [3.8, 4) is 0 Å². The Morgan fingerprint density at radius 1 is 1.33 bits per heavy atom. The molecule has 3 heterocycles. The Balaban J connectivity index is 1.44. The van der Waals surface area contributed by atoms with Crippen molar-refractivity contribution < 1.29 is 13.9 Å². The second-order valence-electron chi connectivity index (χ2n) is 6.52. The van der Waals surface area contributed by atoms with E-state index in [0.29, 0.717) is 44.1 Å². The summed E-state index contributed by atoms with van der Waals surface area (Å²) in [6.45, 7) is 2.75. The van der Waals surface area contributed by atoms with Crippen LogP contribution in [0.1, 0.15) is 0 Å². The number of likely N-dealkylation sites (N-methyl/N-ethyl adjacent to an activating group) is 1. The quantitative estimate of drug-likeness (QED) is 0.807. The summed E-state index contributed by atoms with van der Waals surface area (Å²) in [6.07, 6.45) is 4.26. The Hall–Kier alpha value is -3.17. The van der Waals surface area contributed by atoms with Gasteiger partial charge in [-0.1, -0.05) is 5.22 Å². The van der Waals surface area contributed by atoms with E-state index in [9.17, 15) is 9.18 Å². The number of benzene rings is 1. The maximum absolute atomic E-state index is 14.6. The van der Waals surface area contributed by atoms with Crippen LogP contribution >= 0.6 is 0 Å². The van der Waals surface area contributed by atoms with Gasteiger partial charge >= 0.3 is 6.09 Å². The number of carbonyl (C=O) groups is 1. The van der Waals surface area contributed by atoms with Crippen LogP contribution in [0.25, 0.3) is 0 Å². The minimum absolute atomic E-state index is 0.337. The molecule has 0 saturated carbocycles. The van der Waals surface area contributed by atoms with E-state index >= 15 is 0 Å². The zero-order valence-electron chi connectivity index (χ0n) is 14.9. The Morgan fingerprint density at radius 2 is 2.22 bits per heavy atom. The lowest BCUT2D eigenvalue weighted by Crippen LogP contribution is -2.36. The van der Waals surface area contributed by atoms with Crippen LogP contribution in [-0.4, -0.2) is 68.3 Å².